The predicted molar refractivity (Wildman–Crippen MR) is 61.0 cm³/mol. The molecule has 2 rings (SSSR count). The number of ketones is 1. The van der Waals surface area contributed by atoms with E-state index < -0.39 is 6.04 Å². The van der Waals surface area contributed by atoms with Crippen molar-refractivity contribution in [2.75, 3.05) is 0 Å². The molecule has 0 radical (unpaired) electrons. The highest BCUT2D eigenvalue weighted by atomic mass is 16.1. The van der Waals surface area contributed by atoms with Crippen LogP contribution in [-0.2, 0) is 0 Å². The maximum atomic E-state index is 11.8. The Hall–Kier alpha value is -1.61. The first-order chi connectivity index (χ1) is 7.11. The Balaban J connectivity index is 2.67. The van der Waals surface area contributed by atoms with Crippen molar-refractivity contribution in [2.24, 2.45) is 5.73 Å². The Morgan fingerprint density at radius 3 is 2.87 bits per heavy atom. The highest BCUT2D eigenvalue weighted by Gasteiger charge is 2.16. The largest absolute Gasteiger partial charge is 0.360 e. The molecule has 0 aliphatic rings. The average Bonchev–Trinajstić information content (AvgIpc) is 2.61. The lowest BCUT2D eigenvalue weighted by Gasteiger charge is -2.03. The minimum Gasteiger partial charge on any atom is -0.360 e. The van der Waals surface area contributed by atoms with Gasteiger partial charge in [0.2, 0.25) is 0 Å². The maximum absolute atomic E-state index is 11.8. The second kappa shape index (κ2) is 3.51. The van der Waals surface area contributed by atoms with Crippen molar-refractivity contribution in [1.82, 2.24) is 4.98 Å². The summed E-state index contributed by atoms with van der Waals surface area (Å²) in [4.78, 5) is 14.9. The van der Waals surface area contributed by atoms with E-state index in [-0.39, 0.29) is 5.78 Å². The van der Waals surface area contributed by atoms with Crippen LogP contribution < -0.4 is 5.73 Å². The van der Waals surface area contributed by atoms with E-state index in [1.807, 2.05) is 25.1 Å². The number of fused-ring (bicyclic) bond motifs is 1. The summed E-state index contributed by atoms with van der Waals surface area (Å²) in [6.45, 7) is 3.70. The lowest BCUT2D eigenvalue weighted by Crippen LogP contribution is -2.26. The van der Waals surface area contributed by atoms with Crippen molar-refractivity contribution in [3.8, 4) is 0 Å². The SMILES string of the molecule is Cc1cccc2[nH]cc(C(=O)C(C)N)c12. The first kappa shape index (κ1) is 9.93. The molecule has 1 heterocycles. The summed E-state index contributed by atoms with van der Waals surface area (Å²) in [5.41, 5.74) is 8.38. The highest BCUT2D eigenvalue weighted by Crippen LogP contribution is 2.22. The molecule has 0 saturated carbocycles. The molecular weight excluding hydrogens is 188 g/mol. The van der Waals surface area contributed by atoms with Crippen LogP contribution in [0.4, 0.5) is 0 Å². The maximum Gasteiger partial charge on any atom is 0.181 e. The molecule has 3 N–H and O–H groups in total. The van der Waals surface area contributed by atoms with Gasteiger partial charge in [-0.25, -0.2) is 0 Å². The van der Waals surface area contributed by atoms with E-state index in [9.17, 15) is 4.79 Å². The molecule has 3 nitrogen and oxygen atoms in total. The Kier molecular flexibility index (Phi) is 2.32. The van der Waals surface area contributed by atoms with Gasteiger partial charge in [0, 0.05) is 22.7 Å². The minimum absolute atomic E-state index is 0.0180. The second-order valence-electron chi connectivity index (χ2n) is 3.85. The van der Waals surface area contributed by atoms with Crippen LogP contribution in [0.25, 0.3) is 10.9 Å². The molecule has 1 atom stereocenters. The first-order valence-corrected chi connectivity index (χ1v) is 4.97. The number of nitrogens with two attached hydrogens (primary N) is 1. The van der Waals surface area contributed by atoms with Crippen molar-refractivity contribution in [1.29, 1.82) is 0 Å². The van der Waals surface area contributed by atoms with Gasteiger partial charge < -0.3 is 10.7 Å². The van der Waals surface area contributed by atoms with Crippen LogP contribution in [0.5, 0.6) is 0 Å². The van der Waals surface area contributed by atoms with Crippen LogP contribution in [-0.4, -0.2) is 16.8 Å². The lowest BCUT2D eigenvalue weighted by atomic mass is 10.0. The molecule has 0 spiro atoms. The van der Waals surface area contributed by atoms with Crippen molar-refractivity contribution < 1.29 is 4.79 Å². The van der Waals surface area contributed by atoms with E-state index in [2.05, 4.69) is 4.98 Å². The van der Waals surface area contributed by atoms with Crippen molar-refractivity contribution >= 4 is 16.7 Å². The fourth-order valence-electron chi connectivity index (χ4n) is 1.81. The van der Waals surface area contributed by atoms with Gasteiger partial charge >= 0.3 is 0 Å². The van der Waals surface area contributed by atoms with Crippen molar-refractivity contribution in [2.45, 2.75) is 19.9 Å². The molecule has 0 saturated heterocycles. The van der Waals surface area contributed by atoms with E-state index in [0.717, 1.165) is 16.5 Å². The number of aryl methyl sites for hydroxylation is 1. The van der Waals surface area contributed by atoms with E-state index in [4.69, 9.17) is 5.73 Å². The van der Waals surface area contributed by atoms with Gasteiger partial charge in [0.15, 0.2) is 5.78 Å². The number of hydrogen-bond acceptors (Lipinski definition) is 2. The summed E-state index contributed by atoms with van der Waals surface area (Å²) in [6.07, 6.45) is 1.74. The third-order valence-corrected chi connectivity index (χ3v) is 2.59. The van der Waals surface area contributed by atoms with Gasteiger partial charge in [-0.05, 0) is 25.5 Å². The minimum atomic E-state index is -0.455. The molecule has 0 amide bonds. The number of nitrogens with one attached hydrogen (secondary N) is 1. The third kappa shape index (κ3) is 1.55. The highest BCUT2D eigenvalue weighted by molar-refractivity contribution is 6.10. The Morgan fingerprint density at radius 1 is 1.47 bits per heavy atom. The van der Waals surface area contributed by atoms with Gasteiger partial charge in [0.05, 0.1) is 6.04 Å². The van der Waals surface area contributed by atoms with E-state index in [0.29, 0.717) is 5.56 Å². The van der Waals surface area contributed by atoms with Gasteiger partial charge in [-0.15, -0.1) is 0 Å². The number of aromatic nitrogens is 1. The molecule has 1 aromatic heterocycles. The number of rotatable bonds is 2. The van der Waals surface area contributed by atoms with Gasteiger partial charge in [0.1, 0.15) is 0 Å². The fraction of sp³-hybridized carbons (Fsp3) is 0.250. The average molecular weight is 202 g/mol. The standard InChI is InChI=1S/C12H14N2O/c1-7-4-3-5-10-11(7)9(6-14-10)12(15)8(2)13/h3-6,8,14H,13H2,1-2H3. The number of Topliss-reactive ketones (excluding diaryl/α,β-unsaturated/α-hetero) is 1. The smallest absolute Gasteiger partial charge is 0.181 e. The van der Waals surface area contributed by atoms with Crippen molar-refractivity contribution in [3.05, 3.63) is 35.5 Å². The van der Waals surface area contributed by atoms with E-state index in [1.54, 1.807) is 13.1 Å². The predicted octanol–water partition coefficient (Wildman–Crippen LogP) is 2.01. The fourth-order valence-corrected chi connectivity index (χ4v) is 1.81. The summed E-state index contributed by atoms with van der Waals surface area (Å²) in [7, 11) is 0. The number of carbonyl (C=O) groups is 1. The molecule has 78 valence electrons. The van der Waals surface area contributed by atoms with Crippen LogP contribution in [0, 0.1) is 6.92 Å². The van der Waals surface area contributed by atoms with Crippen LogP contribution in [0.1, 0.15) is 22.8 Å². The number of carbonyl (C=O) groups excluding carboxylic acids is 1. The molecule has 0 aliphatic carbocycles. The Bertz CT molecular complexity index is 511. The lowest BCUT2D eigenvalue weighted by molar-refractivity contribution is 0.0969. The molecular formula is C12H14N2O. The Labute approximate surface area is 88.3 Å². The summed E-state index contributed by atoms with van der Waals surface area (Å²) < 4.78 is 0. The molecule has 3 heteroatoms. The van der Waals surface area contributed by atoms with Crippen LogP contribution >= 0.6 is 0 Å². The molecule has 0 fully saturated rings. The zero-order valence-electron chi connectivity index (χ0n) is 8.87. The molecule has 0 aliphatic heterocycles. The normalized spacial score (nSPS) is 13.0. The van der Waals surface area contributed by atoms with Crippen LogP contribution in [0.15, 0.2) is 24.4 Å². The Morgan fingerprint density at radius 2 is 2.20 bits per heavy atom. The first-order valence-electron chi connectivity index (χ1n) is 4.97. The summed E-state index contributed by atoms with van der Waals surface area (Å²) >= 11 is 0. The number of H-pyrrole nitrogens is 1. The summed E-state index contributed by atoms with van der Waals surface area (Å²) in [5.74, 6) is -0.0180. The van der Waals surface area contributed by atoms with Gasteiger partial charge in [-0.2, -0.15) is 0 Å². The third-order valence-electron chi connectivity index (χ3n) is 2.59. The zero-order valence-corrected chi connectivity index (χ0v) is 8.87. The summed E-state index contributed by atoms with van der Waals surface area (Å²) in [5, 5.41) is 0.986. The molecule has 15 heavy (non-hydrogen) atoms. The molecule has 0 bridgehead atoms. The van der Waals surface area contributed by atoms with Crippen molar-refractivity contribution in [3.63, 3.8) is 0 Å². The summed E-state index contributed by atoms with van der Waals surface area (Å²) in [6, 6.07) is 5.46. The van der Waals surface area contributed by atoms with Gasteiger partial charge in [-0.3, -0.25) is 4.79 Å². The monoisotopic (exact) mass is 202 g/mol. The van der Waals surface area contributed by atoms with E-state index >= 15 is 0 Å². The van der Waals surface area contributed by atoms with Crippen LogP contribution in [0.2, 0.25) is 0 Å². The number of aromatic amines is 1. The quantitative estimate of drug-likeness (QED) is 0.732. The van der Waals surface area contributed by atoms with E-state index in [1.165, 1.54) is 0 Å². The molecule has 1 aromatic carbocycles. The van der Waals surface area contributed by atoms with Crippen LogP contribution in [0.3, 0.4) is 0 Å². The number of hydrogen-bond donors (Lipinski definition) is 2. The molecule has 1 unspecified atom stereocenters. The van der Waals surface area contributed by atoms with Gasteiger partial charge in [-0.1, -0.05) is 12.1 Å². The topological polar surface area (TPSA) is 58.9 Å². The second-order valence-corrected chi connectivity index (χ2v) is 3.85. The molecule has 2 aromatic rings. The number of benzene rings is 1. The zero-order chi connectivity index (χ0) is 11.0. The van der Waals surface area contributed by atoms with Gasteiger partial charge in [0.25, 0.3) is 0 Å².